The molecular weight excluding hydrogens is 783 g/mol. The lowest BCUT2D eigenvalue weighted by atomic mass is 9.47. The van der Waals surface area contributed by atoms with E-state index >= 15 is 0 Å². The van der Waals surface area contributed by atoms with Gasteiger partial charge in [-0.25, -0.2) is 0 Å². The van der Waals surface area contributed by atoms with E-state index in [4.69, 9.17) is 13.6 Å². The first-order chi connectivity index (χ1) is 29.9. The third-order valence-corrected chi connectivity index (χ3v) is 18.9. The summed E-state index contributed by atoms with van der Waals surface area (Å²) in [7, 11) is -2.39. The summed E-state index contributed by atoms with van der Waals surface area (Å²) in [5, 5.41) is 18.6. The zero-order valence-corrected chi connectivity index (χ0v) is 43.5. The minimum Gasteiger partial charge on any atom is -0.395 e. The van der Waals surface area contributed by atoms with Crippen LogP contribution in [0.5, 0.6) is 0 Å². The number of unbranched alkanes of at least 4 members (excludes halogenated alkanes) is 15. The molecule has 62 heavy (non-hydrogen) atoms. The van der Waals surface area contributed by atoms with Crippen molar-refractivity contribution >= 4 is 8.56 Å². The Morgan fingerprint density at radius 2 is 1.32 bits per heavy atom. The second-order valence-corrected chi connectivity index (χ2v) is 26.1. The minimum atomic E-state index is -2.39. The molecule has 0 amide bonds. The number of fused-ring (bicyclic) bond motifs is 5. The Labute approximate surface area is 386 Å². The van der Waals surface area contributed by atoms with Crippen LogP contribution >= 0.6 is 0 Å². The molecule has 6 nitrogen and oxygen atoms in total. The fourth-order valence-electron chi connectivity index (χ4n) is 13.5. The maximum atomic E-state index is 9.32. The molecule has 0 heterocycles. The van der Waals surface area contributed by atoms with Crippen molar-refractivity contribution in [1.29, 1.82) is 0 Å². The third-order valence-electron chi connectivity index (χ3n) is 17.2. The zero-order chi connectivity index (χ0) is 44.9. The highest BCUT2D eigenvalue weighted by molar-refractivity contribution is 6.64. The Balaban J connectivity index is 1.28. The molecule has 4 aliphatic carbocycles. The number of rotatable bonds is 35. The van der Waals surface area contributed by atoms with E-state index in [0.717, 1.165) is 93.6 Å². The topological polar surface area (TPSA) is 71.4 Å². The minimum absolute atomic E-state index is 0.148. The van der Waals surface area contributed by atoms with Gasteiger partial charge in [0, 0.05) is 19.7 Å². The summed E-state index contributed by atoms with van der Waals surface area (Å²) in [5.41, 5.74) is 2.60. The number of nitrogens with zero attached hydrogens (tertiary/aromatic N) is 1. The number of hydrogen-bond acceptors (Lipinski definition) is 6. The quantitative estimate of drug-likeness (QED) is 0.0286. The highest BCUT2D eigenvalue weighted by atomic mass is 28.4. The second kappa shape index (κ2) is 28.8. The molecule has 2 N–H and O–H groups in total. The van der Waals surface area contributed by atoms with E-state index in [1.807, 2.05) is 0 Å². The monoisotopic (exact) mass is 888 g/mol. The van der Waals surface area contributed by atoms with Crippen LogP contribution in [0.1, 0.15) is 228 Å². The molecule has 7 heteroatoms. The van der Waals surface area contributed by atoms with Gasteiger partial charge in [0.25, 0.3) is 0 Å². The Morgan fingerprint density at radius 3 is 1.97 bits per heavy atom. The lowest BCUT2D eigenvalue weighted by Gasteiger charge is -2.58. The summed E-state index contributed by atoms with van der Waals surface area (Å²) in [6.45, 7) is 22.8. The third kappa shape index (κ3) is 17.4. The van der Waals surface area contributed by atoms with E-state index in [1.54, 1.807) is 5.57 Å². The molecule has 0 bridgehead atoms. The van der Waals surface area contributed by atoms with Gasteiger partial charge >= 0.3 is 8.56 Å². The number of allylic oxidation sites excluding steroid dienone is 1. The maximum Gasteiger partial charge on any atom is 0.333 e. The summed E-state index contributed by atoms with van der Waals surface area (Å²) >= 11 is 0. The van der Waals surface area contributed by atoms with E-state index in [9.17, 15) is 10.2 Å². The summed E-state index contributed by atoms with van der Waals surface area (Å²) in [6.07, 6.45) is 40.8. The molecule has 4 aliphatic rings. The van der Waals surface area contributed by atoms with Crippen LogP contribution in [-0.4, -0.2) is 75.5 Å². The largest absolute Gasteiger partial charge is 0.395 e. The van der Waals surface area contributed by atoms with E-state index < -0.39 is 8.56 Å². The highest BCUT2D eigenvalue weighted by Crippen LogP contribution is 2.67. The van der Waals surface area contributed by atoms with Gasteiger partial charge in [-0.1, -0.05) is 162 Å². The molecule has 364 valence electrons. The van der Waals surface area contributed by atoms with E-state index in [1.165, 1.54) is 141 Å². The molecule has 3 fully saturated rings. The predicted octanol–water partition coefficient (Wildman–Crippen LogP) is 14.8. The van der Waals surface area contributed by atoms with Crippen LogP contribution < -0.4 is 0 Å². The lowest BCUT2D eigenvalue weighted by molar-refractivity contribution is -0.150. The van der Waals surface area contributed by atoms with Gasteiger partial charge in [0.15, 0.2) is 0 Å². The molecule has 3 saturated carbocycles. The first-order valence-electron chi connectivity index (χ1n) is 27.5. The van der Waals surface area contributed by atoms with Gasteiger partial charge in [0.2, 0.25) is 0 Å². The zero-order valence-electron chi connectivity index (χ0n) is 42.5. The standard InChI is InChI=1S/C55H105NO5Si/c1-9-10-11-12-13-14-15-16-17-18-19-20-23-29-53(61-62(7,8)59-43-25-22-21-24-38-56(39-41-57)40-42-58)60-48-34-36-54(5)47(44-48)30-31-49-51-33-32-50(46(4)28-26-27-45(2)3)55(51,6)37-35-52(49)54/h30,45-46,48-53,57-58H,9-29,31-44H2,1-8H3. The van der Waals surface area contributed by atoms with Crippen molar-refractivity contribution in [2.75, 3.05) is 39.5 Å². The van der Waals surface area contributed by atoms with Crippen molar-refractivity contribution in [2.45, 2.75) is 253 Å². The summed E-state index contributed by atoms with van der Waals surface area (Å²) in [6, 6.07) is 0. The molecule has 0 aromatic rings. The Hall–Kier alpha value is -0.283. The van der Waals surface area contributed by atoms with E-state index in [0.29, 0.717) is 23.9 Å². The molecule has 0 aliphatic heterocycles. The molecule has 0 aromatic carbocycles. The van der Waals surface area contributed by atoms with Crippen LogP contribution in [0.25, 0.3) is 0 Å². The fraction of sp³-hybridized carbons (Fsp3) is 0.964. The van der Waals surface area contributed by atoms with Gasteiger partial charge in [0.05, 0.1) is 19.3 Å². The molecule has 0 spiro atoms. The molecule has 0 aromatic heterocycles. The number of aliphatic hydroxyl groups excluding tert-OH is 2. The smallest absolute Gasteiger partial charge is 0.333 e. The maximum absolute atomic E-state index is 9.32. The lowest BCUT2D eigenvalue weighted by Crippen LogP contribution is -2.51. The van der Waals surface area contributed by atoms with E-state index in [2.05, 4.69) is 65.6 Å². The molecule has 0 saturated heterocycles. The molecule has 4 rings (SSSR count). The normalized spacial score (nSPS) is 28.5. The van der Waals surface area contributed by atoms with Crippen molar-refractivity contribution in [2.24, 2.45) is 46.3 Å². The fourth-order valence-corrected chi connectivity index (χ4v) is 15.1. The van der Waals surface area contributed by atoms with Crippen LogP contribution in [0.15, 0.2) is 11.6 Å². The summed E-state index contributed by atoms with van der Waals surface area (Å²) in [5.74, 6) is 5.24. The Bertz CT molecular complexity index is 1210. The van der Waals surface area contributed by atoms with Crippen LogP contribution in [0.4, 0.5) is 0 Å². The first-order valence-corrected chi connectivity index (χ1v) is 30.3. The SMILES string of the molecule is CCCCCCCCCCCCCCCC(OC1CCC2(C)C(=CCC3C2CCC2(C)C(C(C)CCCC(C)C)CCC32)C1)O[Si](C)(C)OCCCCCCN(CCO)CCO. The predicted molar refractivity (Wildman–Crippen MR) is 266 cm³/mol. The summed E-state index contributed by atoms with van der Waals surface area (Å²) < 4.78 is 20.6. The van der Waals surface area contributed by atoms with Gasteiger partial charge in [0.1, 0.15) is 6.29 Å². The Kier molecular flexibility index (Phi) is 25.2. The molecule has 9 unspecified atom stereocenters. The summed E-state index contributed by atoms with van der Waals surface area (Å²) in [4.78, 5) is 2.15. The van der Waals surface area contributed by atoms with Gasteiger partial charge < -0.3 is 23.8 Å². The second-order valence-electron chi connectivity index (χ2n) is 22.8. The average molecular weight is 889 g/mol. The first kappa shape index (κ1) is 54.3. The van der Waals surface area contributed by atoms with E-state index in [-0.39, 0.29) is 25.6 Å². The van der Waals surface area contributed by atoms with Crippen molar-refractivity contribution in [1.82, 2.24) is 4.90 Å². The number of ether oxygens (including phenoxy) is 1. The van der Waals surface area contributed by atoms with Crippen LogP contribution in [-0.2, 0) is 13.6 Å². The van der Waals surface area contributed by atoms with Gasteiger partial charge in [-0.15, -0.1) is 0 Å². The average Bonchev–Trinajstić information content (AvgIpc) is 3.59. The van der Waals surface area contributed by atoms with Crippen LogP contribution in [0.3, 0.4) is 0 Å². The highest BCUT2D eigenvalue weighted by Gasteiger charge is 2.59. The van der Waals surface area contributed by atoms with Crippen LogP contribution in [0, 0.1) is 46.3 Å². The van der Waals surface area contributed by atoms with Crippen molar-refractivity contribution < 1.29 is 23.8 Å². The van der Waals surface area contributed by atoms with Crippen molar-refractivity contribution in [3.8, 4) is 0 Å². The van der Waals surface area contributed by atoms with Gasteiger partial charge in [-0.2, -0.15) is 0 Å². The van der Waals surface area contributed by atoms with Crippen molar-refractivity contribution in [3.63, 3.8) is 0 Å². The molecule has 0 radical (unpaired) electrons. The van der Waals surface area contributed by atoms with Gasteiger partial charge in [-0.05, 0) is 143 Å². The number of hydrogen-bond donors (Lipinski definition) is 2. The van der Waals surface area contributed by atoms with Crippen LogP contribution in [0.2, 0.25) is 13.1 Å². The molecule has 9 atom stereocenters. The van der Waals surface area contributed by atoms with Gasteiger partial charge in [-0.3, -0.25) is 4.90 Å². The van der Waals surface area contributed by atoms with Crippen molar-refractivity contribution in [3.05, 3.63) is 11.6 Å². The number of aliphatic hydroxyl groups is 2. The Morgan fingerprint density at radius 1 is 0.694 bits per heavy atom. The molecular formula is C55H105NO5Si.